The highest BCUT2D eigenvalue weighted by molar-refractivity contribution is 7.10. The van der Waals surface area contributed by atoms with Gasteiger partial charge in [0.2, 0.25) is 0 Å². The number of hydrogen-bond acceptors (Lipinski definition) is 3. The van der Waals surface area contributed by atoms with Crippen molar-refractivity contribution in [1.82, 2.24) is 4.98 Å². The van der Waals surface area contributed by atoms with Crippen LogP contribution in [0.4, 0.5) is 0 Å². The molecule has 2 aromatic rings. The first-order valence-electron chi connectivity index (χ1n) is 4.18. The number of aromatic nitrogens is 1. The van der Waals surface area contributed by atoms with Gasteiger partial charge in [-0.1, -0.05) is 23.7 Å². The number of rotatable bonds is 2. The van der Waals surface area contributed by atoms with Gasteiger partial charge in [-0.3, -0.25) is 0 Å². The van der Waals surface area contributed by atoms with Crippen LogP contribution < -0.4 is 5.73 Å². The van der Waals surface area contributed by atoms with Crippen LogP contribution in [0.2, 0.25) is 5.15 Å². The van der Waals surface area contributed by atoms with Gasteiger partial charge in [-0.25, -0.2) is 4.98 Å². The zero-order valence-corrected chi connectivity index (χ0v) is 8.92. The normalized spacial score (nSPS) is 12.7. The van der Waals surface area contributed by atoms with Gasteiger partial charge in [-0.15, -0.1) is 11.3 Å². The molecular formula is C10H9ClN2S. The molecule has 0 aliphatic rings. The van der Waals surface area contributed by atoms with Crippen LogP contribution in [0, 0.1) is 0 Å². The molecular weight excluding hydrogens is 216 g/mol. The Morgan fingerprint density at radius 3 is 2.79 bits per heavy atom. The van der Waals surface area contributed by atoms with E-state index in [-0.39, 0.29) is 6.04 Å². The fourth-order valence-electron chi connectivity index (χ4n) is 1.20. The lowest BCUT2D eigenvalue weighted by molar-refractivity contribution is 0.884. The summed E-state index contributed by atoms with van der Waals surface area (Å²) in [6.45, 7) is 0. The van der Waals surface area contributed by atoms with Gasteiger partial charge >= 0.3 is 0 Å². The Morgan fingerprint density at radius 2 is 2.21 bits per heavy atom. The van der Waals surface area contributed by atoms with Crippen molar-refractivity contribution in [3.8, 4) is 0 Å². The summed E-state index contributed by atoms with van der Waals surface area (Å²) in [5, 5.41) is 2.51. The first-order chi connectivity index (χ1) is 6.77. The number of pyridine rings is 1. The maximum Gasteiger partial charge on any atom is 0.129 e. The van der Waals surface area contributed by atoms with Gasteiger partial charge in [-0.2, -0.15) is 0 Å². The first kappa shape index (κ1) is 9.65. The quantitative estimate of drug-likeness (QED) is 0.797. The largest absolute Gasteiger partial charge is 0.320 e. The van der Waals surface area contributed by atoms with Gasteiger partial charge in [0.15, 0.2) is 0 Å². The molecule has 4 heteroatoms. The Morgan fingerprint density at radius 1 is 1.36 bits per heavy atom. The van der Waals surface area contributed by atoms with E-state index in [4.69, 9.17) is 17.3 Å². The zero-order chi connectivity index (χ0) is 9.97. The van der Waals surface area contributed by atoms with Gasteiger partial charge in [0.25, 0.3) is 0 Å². The number of hydrogen-bond donors (Lipinski definition) is 1. The van der Waals surface area contributed by atoms with Gasteiger partial charge in [0, 0.05) is 11.1 Å². The van der Waals surface area contributed by atoms with Gasteiger partial charge in [0.1, 0.15) is 5.15 Å². The minimum Gasteiger partial charge on any atom is -0.320 e. The summed E-state index contributed by atoms with van der Waals surface area (Å²) in [7, 11) is 0. The van der Waals surface area contributed by atoms with E-state index in [1.807, 2.05) is 23.6 Å². The third-order valence-electron chi connectivity index (χ3n) is 1.96. The monoisotopic (exact) mass is 224 g/mol. The molecule has 0 aromatic carbocycles. The van der Waals surface area contributed by atoms with E-state index >= 15 is 0 Å². The summed E-state index contributed by atoms with van der Waals surface area (Å²) >= 11 is 7.34. The predicted octanol–water partition coefficient (Wildman–Crippen LogP) is 2.84. The second-order valence-corrected chi connectivity index (χ2v) is 4.27. The molecule has 0 fully saturated rings. The number of halogens is 1. The topological polar surface area (TPSA) is 38.9 Å². The van der Waals surface area contributed by atoms with E-state index in [0.29, 0.717) is 5.15 Å². The highest BCUT2D eigenvalue weighted by Gasteiger charge is 2.09. The second-order valence-electron chi connectivity index (χ2n) is 2.91. The van der Waals surface area contributed by atoms with Crippen molar-refractivity contribution in [3.63, 3.8) is 0 Å². The molecule has 0 radical (unpaired) electrons. The van der Waals surface area contributed by atoms with E-state index in [1.54, 1.807) is 23.6 Å². The molecule has 0 aliphatic heterocycles. The van der Waals surface area contributed by atoms with E-state index in [9.17, 15) is 0 Å². The van der Waals surface area contributed by atoms with Crippen molar-refractivity contribution in [2.75, 3.05) is 0 Å². The van der Waals surface area contributed by atoms with Crippen LogP contribution >= 0.6 is 22.9 Å². The van der Waals surface area contributed by atoms with Crippen molar-refractivity contribution in [2.45, 2.75) is 6.04 Å². The Labute approximate surface area is 91.4 Å². The van der Waals surface area contributed by atoms with Crippen LogP contribution in [0.15, 0.2) is 35.8 Å². The Bertz CT molecular complexity index is 397. The van der Waals surface area contributed by atoms with Gasteiger partial charge in [-0.05, 0) is 23.1 Å². The molecule has 0 saturated carbocycles. The van der Waals surface area contributed by atoms with Crippen LogP contribution in [-0.2, 0) is 0 Å². The van der Waals surface area contributed by atoms with Crippen LogP contribution in [-0.4, -0.2) is 4.98 Å². The number of thiophene rings is 1. The lowest BCUT2D eigenvalue weighted by Gasteiger charge is -2.08. The van der Waals surface area contributed by atoms with E-state index < -0.39 is 0 Å². The lowest BCUT2D eigenvalue weighted by atomic mass is 10.1. The highest BCUT2D eigenvalue weighted by atomic mass is 35.5. The van der Waals surface area contributed by atoms with Crippen LogP contribution in [0.1, 0.15) is 16.5 Å². The first-order valence-corrected chi connectivity index (χ1v) is 5.43. The molecule has 2 nitrogen and oxygen atoms in total. The minimum atomic E-state index is -0.0974. The van der Waals surface area contributed by atoms with E-state index in [0.717, 1.165) is 10.4 Å². The number of nitrogens with two attached hydrogens (primary N) is 1. The molecule has 0 saturated heterocycles. The standard InChI is InChI=1S/C10H9ClN2S/c11-9-4-3-7(6-13-9)10(12)8-2-1-5-14-8/h1-6,10H,12H2/t10-/m0/s1. The maximum absolute atomic E-state index is 6.04. The predicted molar refractivity (Wildman–Crippen MR) is 59.6 cm³/mol. The summed E-state index contributed by atoms with van der Waals surface area (Å²) in [6, 6.07) is 7.57. The van der Waals surface area contributed by atoms with Crippen LogP contribution in [0.25, 0.3) is 0 Å². The average Bonchev–Trinajstić information content (AvgIpc) is 2.71. The summed E-state index contributed by atoms with van der Waals surface area (Å²) in [4.78, 5) is 5.13. The zero-order valence-electron chi connectivity index (χ0n) is 7.35. The SMILES string of the molecule is N[C@@H](c1ccc(Cl)nc1)c1cccs1. The molecule has 2 rings (SSSR count). The third-order valence-corrected chi connectivity index (χ3v) is 3.14. The van der Waals surface area contributed by atoms with Crippen molar-refractivity contribution in [3.05, 3.63) is 51.4 Å². The molecule has 0 bridgehead atoms. The van der Waals surface area contributed by atoms with Crippen molar-refractivity contribution >= 4 is 22.9 Å². The molecule has 2 heterocycles. The summed E-state index contributed by atoms with van der Waals surface area (Å²) in [5.41, 5.74) is 7.02. The average molecular weight is 225 g/mol. The van der Waals surface area contributed by atoms with Crippen molar-refractivity contribution in [1.29, 1.82) is 0 Å². The van der Waals surface area contributed by atoms with Gasteiger partial charge in [0.05, 0.1) is 6.04 Å². The van der Waals surface area contributed by atoms with Crippen molar-refractivity contribution in [2.24, 2.45) is 5.73 Å². The Kier molecular flexibility index (Phi) is 2.82. The number of nitrogens with zero attached hydrogens (tertiary/aromatic N) is 1. The van der Waals surface area contributed by atoms with E-state index in [1.165, 1.54) is 0 Å². The Balaban J connectivity index is 2.28. The molecule has 14 heavy (non-hydrogen) atoms. The fourth-order valence-corrected chi connectivity index (χ4v) is 2.07. The second kappa shape index (κ2) is 4.09. The minimum absolute atomic E-state index is 0.0974. The Hall–Kier alpha value is -0.900. The smallest absolute Gasteiger partial charge is 0.129 e. The van der Waals surface area contributed by atoms with Crippen molar-refractivity contribution < 1.29 is 0 Å². The highest BCUT2D eigenvalue weighted by Crippen LogP contribution is 2.23. The third kappa shape index (κ3) is 1.95. The van der Waals surface area contributed by atoms with Crippen LogP contribution in [0.3, 0.4) is 0 Å². The maximum atomic E-state index is 6.04. The molecule has 0 unspecified atom stereocenters. The molecule has 0 aliphatic carbocycles. The van der Waals surface area contributed by atoms with E-state index in [2.05, 4.69) is 4.98 Å². The molecule has 1 atom stereocenters. The van der Waals surface area contributed by atoms with Crippen LogP contribution in [0.5, 0.6) is 0 Å². The molecule has 2 aromatic heterocycles. The molecule has 72 valence electrons. The molecule has 2 N–H and O–H groups in total. The molecule has 0 spiro atoms. The van der Waals surface area contributed by atoms with Gasteiger partial charge < -0.3 is 5.73 Å². The fraction of sp³-hybridized carbons (Fsp3) is 0.100. The summed E-state index contributed by atoms with van der Waals surface area (Å²) < 4.78 is 0. The lowest BCUT2D eigenvalue weighted by Crippen LogP contribution is -2.10. The summed E-state index contributed by atoms with van der Waals surface area (Å²) in [5.74, 6) is 0. The summed E-state index contributed by atoms with van der Waals surface area (Å²) in [6.07, 6.45) is 1.72. The molecule has 0 amide bonds.